The molecule has 0 aliphatic heterocycles. The quantitative estimate of drug-likeness (QED) is 0.867. The van der Waals surface area contributed by atoms with E-state index in [1.165, 1.54) is 0 Å². The van der Waals surface area contributed by atoms with Gasteiger partial charge in [-0.3, -0.25) is 0 Å². The topological polar surface area (TPSA) is 66.0 Å². The summed E-state index contributed by atoms with van der Waals surface area (Å²) in [6.07, 6.45) is 3.70. The first kappa shape index (κ1) is 12.6. The number of aryl methyl sites for hydroxylation is 2. The fourth-order valence-corrected chi connectivity index (χ4v) is 1.79. The van der Waals surface area contributed by atoms with Crippen LogP contribution in [0.25, 0.3) is 5.69 Å². The highest BCUT2D eigenvalue weighted by molar-refractivity contribution is 5.48. The van der Waals surface area contributed by atoms with E-state index < -0.39 is 0 Å². The molecular formula is C13H18N4O. The SMILES string of the molecule is COc1ccc(C)cc1-n1cc(CCCN)nn1. The molecule has 0 amide bonds. The van der Waals surface area contributed by atoms with E-state index in [-0.39, 0.29) is 0 Å². The molecule has 96 valence electrons. The number of nitrogens with two attached hydrogens (primary N) is 1. The molecule has 0 aliphatic rings. The van der Waals surface area contributed by atoms with E-state index in [1.54, 1.807) is 11.8 Å². The molecule has 5 nitrogen and oxygen atoms in total. The molecule has 0 fully saturated rings. The molecule has 0 radical (unpaired) electrons. The van der Waals surface area contributed by atoms with Crippen LogP contribution in [-0.2, 0) is 6.42 Å². The zero-order valence-electron chi connectivity index (χ0n) is 10.8. The number of hydrogen-bond donors (Lipinski definition) is 1. The number of rotatable bonds is 5. The van der Waals surface area contributed by atoms with Crippen molar-refractivity contribution >= 4 is 0 Å². The molecule has 0 bridgehead atoms. The van der Waals surface area contributed by atoms with Gasteiger partial charge in [-0.15, -0.1) is 5.10 Å². The number of ether oxygens (including phenoxy) is 1. The molecule has 1 aromatic heterocycles. The van der Waals surface area contributed by atoms with Crippen LogP contribution in [0.1, 0.15) is 17.7 Å². The second-order valence-electron chi connectivity index (χ2n) is 4.22. The Labute approximate surface area is 107 Å². The van der Waals surface area contributed by atoms with Gasteiger partial charge in [0.15, 0.2) is 0 Å². The first-order valence-corrected chi connectivity index (χ1v) is 6.01. The molecule has 0 atom stereocenters. The fraction of sp³-hybridized carbons (Fsp3) is 0.385. The Balaban J connectivity index is 2.30. The predicted octanol–water partition coefficient (Wildman–Crippen LogP) is 1.48. The summed E-state index contributed by atoms with van der Waals surface area (Å²) < 4.78 is 7.08. The first-order valence-electron chi connectivity index (χ1n) is 6.01. The van der Waals surface area contributed by atoms with E-state index in [1.807, 2.05) is 31.3 Å². The number of nitrogens with zero attached hydrogens (tertiary/aromatic N) is 3. The lowest BCUT2D eigenvalue weighted by Gasteiger charge is -2.08. The van der Waals surface area contributed by atoms with Crippen molar-refractivity contribution in [3.05, 3.63) is 35.7 Å². The van der Waals surface area contributed by atoms with Crippen molar-refractivity contribution in [3.63, 3.8) is 0 Å². The fourth-order valence-electron chi connectivity index (χ4n) is 1.79. The van der Waals surface area contributed by atoms with Crippen LogP contribution in [0, 0.1) is 6.92 Å². The Bertz CT molecular complexity index is 521. The van der Waals surface area contributed by atoms with Gasteiger partial charge in [0, 0.05) is 0 Å². The summed E-state index contributed by atoms with van der Waals surface area (Å²) in [4.78, 5) is 0. The molecule has 0 saturated heterocycles. The smallest absolute Gasteiger partial charge is 0.144 e. The van der Waals surface area contributed by atoms with Crippen molar-refractivity contribution in [1.82, 2.24) is 15.0 Å². The number of methoxy groups -OCH3 is 1. The Morgan fingerprint density at radius 2 is 2.22 bits per heavy atom. The summed E-state index contributed by atoms with van der Waals surface area (Å²) in [6, 6.07) is 5.97. The third kappa shape index (κ3) is 2.68. The second kappa shape index (κ2) is 5.64. The van der Waals surface area contributed by atoms with Crippen LogP contribution in [0.3, 0.4) is 0 Å². The third-order valence-electron chi connectivity index (χ3n) is 2.76. The highest BCUT2D eigenvalue weighted by atomic mass is 16.5. The number of benzene rings is 1. The second-order valence-corrected chi connectivity index (χ2v) is 4.22. The standard InChI is InChI=1S/C13H18N4O/c1-10-5-6-13(18-2)12(8-10)17-9-11(15-16-17)4-3-7-14/h5-6,8-9H,3-4,7,14H2,1-2H3. The van der Waals surface area contributed by atoms with Crippen molar-refractivity contribution in [2.24, 2.45) is 5.73 Å². The largest absolute Gasteiger partial charge is 0.494 e. The van der Waals surface area contributed by atoms with Gasteiger partial charge in [0.1, 0.15) is 11.4 Å². The van der Waals surface area contributed by atoms with Gasteiger partial charge < -0.3 is 10.5 Å². The summed E-state index contributed by atoms with van der Waals surface area (Å²) in [5.41, 5.74) is 8.50. The monoisotopic (exact) mass is 246 g/mol. The van der Waals surface area contributed by atoms with E-state index in [4.69, 9.17) is 10.5 Å². The summed E-state index contributed by atoms with van der Waals surface area (Å²) in [5, 5.41) is 8.27. The molecule has 2 N–H and O–H groups in total. The summed E-state index contributed by atoms with van der Waals surface area (Å²) >= 11 is 0. The Hall–Kier alpha value is -1.88. The Morgan fingerprint density at radius 1 is 1.39 bits per heavy atom. The normalized spacial score (nSPS) is 10.6. The summed E-state index contributed by atoms with van der Waals surface area (Å²) in [7, 11) is 1.65. The highest BCUT2D eigenvalue weighted by Gasteiger charge is 2.08. The van der Waals surface area contributed by atoms with Crippen LogP contribution in [-0.4, -0.2) is 28.6 Å². The third-order valence-corrected chi connectivity index (χ3v) is 2.76. The van der Waals surface area contributed by atoms with Crippen molar-refractivity contribution < 1.29 is 4.74 Å². The van der Waals surface area contributed by atoms with Gasteiger partial charge in [-0.2, -0.15) is 0 Å². The van der Waals surface area contributed by atoms with Crippen LogP contribution < -0.4 is 10.5 Å². The molecule has 2 rings (SSSR count). The lowest BCUT2D eigenvalue weighted by Crippen LogP contribution is -2.00. The minimum absolute atomic E-state index is 0.667. The molecule has 1 aromatic carbocycles. The lowest BCUT2D eigenvalue weighted by atomic mass is 10.2. The molecule has 5 heteroatoms. The highest BCUT2D eigenvalue weighted by Crippen LogP contribution is 2.23. The lowest BCUT2D eigenvalue weighted by molar-refractivity contribution is 0.411. The van der Waals surface area contributed by atoms with E-state index in [9.17, 15) is 0 Å². The Kier molecular flexibility index (Phi) is 3.94. The van der Waals surface area contributed by atoms with Gasteiger partial charge in [-0.05, 0) is 44.0 Å². The van der Waals surface area contributed by atoms with Crippen LogP contribution >= 0.6 is 0 Å². The molecule has 0 aliphatic carbocycles. The maximum atomic E-state index is 5.48. The van der Waals surface area contributed by atoms with Gasteiger partial charge in [0.05, 0.1) is 19.0 Å². The van der Waals surface area contributed by atoms with E-state index >= 15 is 0 Å². The molecular weight excluding hydrogens is 228 g/mol. The molecule has 18 heavy (non-hydrogen) atoms. The van der Waals surface area contributed by atoms with Gasteiger partial charge in [-0.1, -0.05) is 11.3 Å². The van der Waals surface area contributed by atoms with Gasteiger partial charge in [-0.25, -0.2) is 4.68 Å². The maximum Gasteiger partial charge on any atom is 0.144 e. The minimum Gasteiger partial charge on any atom is -0.494 e. The van der Waals surface area contributed by atoms with Crippen molar-refractivity contribution in [3.8, 4) is 11.4 Å². The van der Waals surface area contributed by atoms with Crippen LogP contribution in [0.2, 0.25) is 0 Å². The first-order chi connectivity index (χ1) is 8.74. The van der Waals surface area contributed by atoms with Crippen LogP contribution in [0.15, 0.2) is 24.4 Å². The molecule has 0 saturated carbocycles. The predicted molar refractivity (Wildman–Crippen MR) is 70.0 cm³/mol. The van der Waals surface area contributed by atoms with E-state index in [2.05, 4.69) is 10.3 Å². The maximum absolute atomic E-state index is 5.48. The summed E-state index contributed by atoms with van der Waals surface area (Å²) in [5.74, 6) is 0.788. The van der Waals surface area contributed by atoms with E-state index in [0.717, 1.165) is 35.5 Å². The average molecular weight is 246 g/mol. The zero-order chi connectivity index (χ0) is 13.0. The molecule has 0 spiro atoms. The van der Waals surface area contributed by atoms with Gasteiger partial charge in [0.2, 0.25) is 0 Å². The zero-order valence-corrected chi connectivity index (χ0v) is 10.8. The Morgan fingerprint density at radius 3 is 2.94 bits per heavy atom. The number of aromatic nitrogens is 3. The van der Waals surface area contributed by atoms with E-state index in [0.29, 0.717) is 6.54 Å². The van der Waals surface area contributed by atoms with Crippen molar-refractivity contribution in [2.45, 2.75) is 19.8 Å². The van der Waals surface area contributed by atoms with Gasteiger partial charge >= 0.3 is 0 Å². The van der Waals surface area contributed by atoms with Crippen molar-refractivity contribution in [1.29, 1.82) is 0 Å². The molecule has 0 unspecified atom stereocenters. The number of hydrogen-bond acceptors (Lipinski definition) is 4. The molecule has 1 heterocycles. The van der Waals surface area contributed by atoms with Crippen molar-refractivity contribution in [2.75, 3.05) is 13.7 Å². The molecule has 2 aromatic rings. The van der Waals surface area contributed by atoms with Crippen LogP contribution in [0.5, 0.6) is 5.75 Å². The van der Waals surface area contributed by atoms with Gasteiger partial charge in [0.25, 0.3) is 0 Å². The average Bonchev–Trinajstić information content (AvgIpc) is 2.85. The van der Waals surface area contributed by atoms with Crippen LogP contribution in [0.4, 0.5) is 0 Å². The minimum atomic E-state index is 0.667. The summed E-state index contributed by atoms with van der Waals surface area (Å²) in [6.45, 7) is 2.70.